The summed E-state index contributed by atoms with van der Waals surface area (Å²) in [6, 6.07) is 2.23. The monoisotopic (exact) mass is 248 g/mol. The van der Waals surface area contributed by atoms with E-state index in [0.717, 1.165) is 24.4 Å². The summed E-state index contributed by atoms with van der Waals surface area (Å²) < 4.78 is 0. The zero-order valence-electron chi connectivity index (χ0n) is 11.0. The molecule has 1 heterocycles. The lowest BCUT2D eigenvalue weighted by Gasteiger charge is -2.36. The van der Waals surface area contributed by atoms with E-state index in [2.05, 4.69) is 16.8 Å². The number of aromatic carboxylic acids is 1. The first-order valence-electron chi connectivity index (χ1n) is 6.49. The largest absolute Gasteiger partial charge is 0.478 e. The van der Waals surface area contributed by atoms with Gasteiger partial charge in [-0.25, -0.2) is 4.79 Å². The molecule has 0 aliphatic heterocycles. The topological polar surface area (TPSA) is 53.4 Å². The molecule has 0 radical (unpaired) electrons. The predicted molar refractivity (Wildman–Crippen MR) is 71.0 cm³/mol. The fourth-order valence-corrected chi connectivity index (χ4v) is 2.81. The standard InChI is InChI=1S/C14H20N2O2/c1-10-4-3-5-11(8-10)16(2)13-6-7-15-9-12(13)14(17)18/h6-7,9-11H,3-5,8H2,1-2H3,(H,17,18). The van der Waals surface area contributed by atoms with Crippen LogP contribution >= 0.6 is 0 Å². The molecule has 1 aromatic heterocycles. The Morgan fingerprint density at radius 1 is 1.50 bits per heavy atom. The van der Waals surface area contributed by atoms with Crippen LogP contribution in [0.5, 0.6) is 0 Å². The molecule has 1 N–H and O–H groups in total. The van der Waals surface area contributed by atoms with Crippen molar-refractivity contribution in [2.24, 2.45) is 5.92 Å². The van der Waals surface area contributed by atoms with Crippen LogP contribution in [0.25, 0.3) is 0 Å². The van der Waals surface area contributed by atoms with Crippen LogP contribution in [0.4, 0.5) is 5.69 Å². The zero-order chi connectivity index (χ0) is 13.1. The minimum absolute atomic E-state index is 0.290. The van der Waals surface area contributed by atoms with Crippen LogP contribution in [0.2, 0.25) is 0 Å². The zero-order valence-corrected chi connectivity index (χ0v) is 11.0. The summed E-state index contributed by atoms with van der Waals surface area (Å²) in [4.78, 5) is 17.2. The van der Waals surface area contributed by atoms with E-state index >= 15 is 0 Å². The van der Waals surface area contributed by atoms with E-state index in [1.165, 1.54) is 19.0 Å². The van der Waals surface area contributed by atoms with Crippen LogP contribution in [0.3, 0.4) is 0 Å². The maximum Gasteiger partial charge on any atom is 0.339 e. The molecule has 2 unspecified atom stereocenters. The average Bonchev–Trinajstić information content (AvgIpc) is 2.38. The highest BCUT2D eigenvalue weighted by molar-refractivity contribution is 5.94. The number of nitrogens with zero attached hydrogens (tertiary/aromatic N) is 2. The first-order valence-corrected chi connectivity index (χ1v) is 6.49. The minimum atomic E-state index is -0.909. The van der Waals surface area contributed by atoms with Gasteiger partial charge in [0, 0.05) is 25.5 Å². The molecule has 1 aliphatic rings. The van der Waals surface area contributed by atoms with Gasteiger partial charge in [-0.15, -0.1) is 0 Å². The summed E-state index contributed by atoms with van der Waals surface area (Å²) in [6.07, 6.45) is 7.88. The number of pyridine rings is 1. The Balaban J connectivity index is 2.22. The molecule has 1 aliphatic carbocycles. The van der Waals surface area contributed by atoms with Crippen molar-refractivity contribution in [2.45, 2.75) is 38.6 Å². The second-order valence-electron chi connectivity index (χ2n) is 5.23. The molecule has 98 valence electrons. The average molecular weight is 248 g/mol. The van der Waals surface area contributed by atoms with Gasteiger partial charge in [0.05, 0.1) is 5.69 Å². The minimum Gasteiger partial charge on any atom is -0.478 e. The molecule has 4 heteroatoms. The van der Waals surface area contributed by atoms with Gasteiger partial charge in [0.1, 0.15) is 5.56 Å². The quantitative estimate of drug-likeness (QED) is 0.893. The van der Waals surface area contributed by atoms with E-state index < -0.39 is 5.97 Å². The number of carbonyl (C=O) groups is 1. The number of hydrogen-bond donors (Lipinski definition) is 1. The number of rotatable bonds is 3. The molecule has 2 atom stereocenters. The fourth-order valence-electron chi connectivity index (χ4n) is 2.81. The second-order valence-corrected chi connectivity index (χ2v) is 5.23. The number of carboxylic acids is 1. The molecule has 1 fully saturated rings. The third kappa shape index (κ3) is 2.63. The summed E-state index contributed by atoms with van der Waals surface area (Å²) in [5.74, 6) is -0.185. The summed E-state index contributed by atoms with van der Waals surface area (Å²) in [7, 11) is 1.99. The van der Waals surface area contributed by atoms with Crippen LogP contribution in [0, 0.1) is 5.92 Å². The summed E-state index contributed by atoms with van der Waals surface area (Å²) >= 11 is 0. The SMILES string of the molecule is CC1CCCC(N(C)c2ccncc2C(=O)O)C1. The smallest absolute Gasteiger partial charge is 0.339 e. The molecule has 0 spiro atoms. The van der Waals surface area contributed by atoms with Gasteiger partial charge in [0.25, 0.3) is 0 Å². The van der Waals surface area contributed by atoms with E-state index in [1.807, 2.05) is 7.05 Å². The van der Waals surface area contributed by atoms with E-state index in [4.69, 9.17) is 0 Å². The molecular formula is C14H20N2O2. The van der Waals surface area contributed by atoms with Crippen LogP contribution in [-0.2, 0) is 0 Å². The van der Waals surface area contributed by atoms with Crippen LogP contribution in [-0.4, -0.2) is 29.1 Å². The van der Waals surface area contributed by atoms with Crippen molar-refractivity contribution in [1.29, 1.82) is 0 Å². The molecule has 2 rings (SSSR count). The Morgan fingerprint density at radius 2 is 2.28 bits per heavy atom. The number of anilines is 1. The fraction of sp³-hybridized carbons (Fsp3) is 0.571. The first kappa shape index (κ1) is 12.9. The molecule has 0 bridgehead atoms. The summed E-state index contributed by atoms with van der Waals surface area (Å²) in [6.45, 7) is 2.27. The lowest BCUT2D eigenvalue weighted by molar-refractivity contribution is 0.0697. The Hall–Kier alpha value is -1.58. The van der Waals surface area contributed by atoms with Crippen LogP contribution in [0.15, 0.2) is 18.5 Å². The van der Waals surface area contributed by atoms with Crippen LogP contribution < -0.4 is 4.90 Å². The Bertz CT molecular complexity index is 434. The number of aromatic nitrogens is 1. The third-order valence-electron chi connectivity index (χ3n) is 3.86. The highest BCUT2D eigenvalue weighted by atomic mass is 16.4. The van der Waals surface area contributed by atoms with Crippen molar-refractivity contribution in [3.63, 3.8) is 0 Å². The lowest BCUT2D eigenvalue weighted by atomic mass is 9.86. The van der Waals surface area contributed by atoms with Gasteiger partial charge < -0.3 is 10.0 Å². The van der Waals surface area contributed by atoms with E-state index in [-0.39, 0.29) is 0 Å². The van der Waals surface area contributed by atoms with Crippen molar-refractivity contribution in [2.75, 3.05) is 11.9 Å². The third-order valence-corrected chi connectivity index (χ3v) is 3.86. The van der Waals surface area contributed by atoms with E-state index in [1.54, 1.807) is 12.3 Å². The van der Waals surface area contributed by atoms with Crippen molar-refractivity contribution < 1.29 is 9.90 Å². The maximum atomic E-state index is 11.2. The molecule has 0 aromatic carbocycles. The highest BCUT2D eigenvalue weighted by Gasteiger charge is 2.25. The van der Waals surface area contributed by atoms with Gasteiger partial charge in [-0.3, -0.25) is 4.98 Å². The molecule has 0 amide bonds. The van der Waals surface area contributed by atoms with Gasteiger partial charge >= 0.3 is 5.97 Å². The van der Waals surface area contributed by atoms with Crippen molar-refractivity contribution in [1.82, 2.24) is 4.98 Å². The molecule has 18 heavy (non-hydrogen) atoms. The van der Waals surface area contributed by atoms with E-state index in [0.29, 0.717) is 11.6 Å². The van der Waals surface area contributed by atoms with Gasteiger partial charge in [0.2, 0.25) is 0 Å². The Morgan fingerprint density at radius 3 is 2.94 bits per heavy atom. The normalized spacial score (nSPS) is 23.7. The number of hydrogen-bond acceptors (Lipinski definition) is 3. The van der Waals surface area contributed by atoms with Crippen molar-refractivity contribution in [3.05, 3.63) is 24.0 Å². The van der Waals surface area contributed by atoms with Gasteiger partial charge in [-0.05, 0) is 24.8 Å². The van der Waals surface area contributed by atoms with Crippen molar-refractivity contribution >= 4 is 11.7 Å². The second kappa shape index (κ2) is 5.38. The molecule has 4 nitrogen and oxygen atoms in total. The summed E-state index contributed by atoms with van der Waals surface area (Å²) in [5.41, 5.74) is 1.06. The molecular weight excluding hydrogens is 228 g/mol. The molecule has 0 saturated heterocycles. The molecule has 1 saturated carbocycles. The first-order chi connectivity index (χ1) is 8.59. The maximum absolute atomic E-state index is 11.2. The Kier molecular flexibility index (Phi) is 3.84. The predicted octanol–water partition coefficient (Wildman–Crippen LogP) is 2.79. The molecule has 1 aromatic rings. The summed E-state index contributed by atoms with van der Waals surface area (Å²) in [5, 5.41) is 9.20. The highest BCUT2D eigenvalue weighted by Crippen LogP contribution is 2.30. The van der Waals surface area contributed by atoms with Gasteiger partial charge in [-0.2, -0.15) is 0 Å². The lowest BCUT2D eigenvalue weighted by Crippen LogP contribution is -2.36. The van der Waals surface area contributed by atoms with Gasteiger partial charge in [-0.1, -0.05) is 19.8 Å². The number of carboxylic acid groups (broad SMARTS) is 1. The Labute approximate surface area is 108 Å². The van der Waals surface area contributed by atoms with Crippen LogP contribution in [0.1, 0.15) is 43.0 Å². The van der Waals surface area contributed by atoms with Gasteiger partial charge in [0.15, 0.2) is 0 Å². The van der Waals surface area contributed by atoms with E-state index in [9.17, 15) is 9.90 Å². The van der Waals surface area contributed by atoms with Crippen molar-refractivity contribution in [3.8, 4) is 0 Å².